The fourth-order valence-corrected chi connectivity index (χ4v) is 7.65. The number of aliphatic hydroxyl groups is 1. The van der Waals surface area contributed by atoms with Gasteiger partial charge in [-0.1, -0.05) is 0 Å². The van der Waals surface area contributed by atoms with E-state index >= 15 is 0 Å². The molecule has 3 nitrogen and oxygen atoms in total. The Balaban J connectivity index is 1.66. The fraction of sp³-hybridized carbons (Fsp3) is 0.739. The summed E-state index contributed by atoms with van der Waals surface area (Å²) in [6.45, 7) is 6.66. The number of hydrogen-bond acceptors (Lipinski definition) is 3. The van der Waals surface area contributed by atoms with Crippen LogP contribution < -0.4 is 0 Å². The van der Waals surface area contributed by atoms with E-state index in [2.05, 4.69) is 40.5 Å². The summed E-state index contributed by atoms with van der Waals surface area (Å²) in [5.41, 5.74) is 0.781. The van der Waals surface area contributed by atoms with E-state index in [9.17, 15) is 9.90 Å². The second kappa shape index (κ2) is 6.67. The van der Waals surface area contributed by atoms with E-state index in [0.29, 0.717) is 17.8 Å². The Morgan fingerprint density at radius 3 is 2.81 bits per heavy atom. The minimum atomic E-state index is -0.841. The quantitative estimate of drug-likeness (QED) is 0.422. The van der Waals surface area contributed by atoms with Gasteiger partial charge in [-0.3, -0.25) is 0 Å². The van der Waals surface area contributed by atoms with Gasteiger partial charge in [0.25, 0.3) is 0 Å². The summed E-state index contributed by atoms with van der Waals surface area (Å²) >= 11 is 0. The molecule has 0 bridgehead atoms. The first-order valence-corrected chi connectivity index (χ1v) is 10.8. The number of allylic oxidation sites excluding steroid dienone is 2. The van der Waals surface area contributed by atoms with Crippen molar-refractivity contribution in [3.05, 3.63) is 23.8 Å². The van der Waals surface area contributed by atoms with E-state index in [1.807, 2.05) is 13.0 Å². The average Bonchev–Trinajstić information content (AvgIpc) is 3.00. The number of aldehydes is 1. The molecule has 0 aromatic carbocycles. The Kier molecular flexibility index (Phi) is 4.84. The average molecular weight is 386 g/mol. The Morgan fingerprint density at radius 1 is 1.33 bits per heavy atom. The Hall–Kier alpha value is -0.720. The van der Waals surface area contributed by atoms with Crippen LogP contribution in [0.2, 0.25) is 0 Å². The summed E-state index contributed by atoms with van der Waals surface area (Å²) in [5.74, 6) is 4.56. The molecule has 0 unspecified atom stereocenters. The second-order valence-corrected chi connectivity index (χ2v) is 10.1. The molecule has 2 fully saturated rings. The van der Waals surface area contributed by atoms with Crippen LogP contribution in [0.4, 0.5) is 0 Å². The number of carbonyl (C=O) groups excluding carboxylic acids is 1. The molecule has 4 rings (SSSR count). The van der Waals surface area contributed by atoms with Gasteiger partial charge in [-0.15, -0.1) is 0 Å². The van der Waals surface area contributed by atoms with Gasteiger partial charge in [0.05, 0.1) is 0 Å². The first-order valence-electron chi connectivity index (χ1n) is 10.4. The minimum absolute atomic E-state index is 0.0820. The summed E-state index contributed by atoms with van der Waals surface area (Å²) in [6, 6.07) is 0. The van der Waals surface area contributed by atoms with Gasteiger partial charge in [-0.25, -0.2) is 0 Å². The van der Waals surface area contributed by atoms with Crippen molar-refractivity contribution < 1.29 is 14.6 Å². The summed E-state index contributed by atoms with van der Waals surface area (Å²) in [7, 11) is 3.98. The predicted molar refractivity (Wildman–Crippen MR) is 107 cm³/mol. The fourth-order valence-electron chi connectivity index (χ4n) is 7.45. The van der Waals surface area contributed by atoms with Crippen molar-refractivity contribution in [1.82, 2.24) is 0 Å². The number of hydrogen-bond donors (Lipinski definition) is 1. The van der Waals surface area contributed by atoms with E-state index in [0.717, 1.165) is 38.4 Å². The van der Waals surface area contributed by atoms with Crippen LogP contribution in [0.1, 0.15) is 59.3 Å². The van der Waals surface area contributed by atoms with Crippen LogP contribution in [0, 0.1) is 40.3 Å². The molecule has 0 spiro atoms. The molecule has 4 aliphatic carbocycles. The molecule has 1 N–H and O–H groups in total. The standard InChI is InChI=1S/C23H31O3P/c1-21-10-8-16(25)12-15(21)4-5-17-18-6-7-20(23(3,13-24)26-14-27)22(18,2)11-9-19(17)21/h4,8,10,13,16-20,25H,5-7,9,11-12H2,1-3H3/t16-,17-,18-,19-,20-,21-,22-,23-/m0/s1. The van der Waals surface area contributed by atoms with Gasteiger partial charge in [0.15, 0.2) is 0 Å². The number of fused-ring (bicyclic) bond motifs is 5. The van der Waals surface area contributed by atoms with Gasteiger partial charge in [0, 0.05) is 0 Å². The molecular weight excluding hydrogens is 355 g/mol. The molecule has 0 radical (unpaired) electrons. The summed E-state index contributed by atoms with van der Waals surface area (Å²) in [5, 5.41) is 10.1. The molecule has 0 aromatic heterocycles. The third kappa shape index (κ3) is 2.77. The van der Waals surface area contributed by atoms with Gasteiger partial charge >= 0.3 is 160 Å². The number of rotatable bonds is 3. The molecule has 4 heteroatoms. The molecule has 0 aromatic rings. The normalized spacial score (nSPS) is 47.7. The molecule has 2 saturated carbocycles. The summed E-state index contributed by atoms with van der Waals surface area (Å²) < 4.78 is 5.63. The third-order valence-corrected chi connectivity index (χ3v) is 8.91. The van der Waals surface area contributed by atoms with Crippen LogP contribution >= 0.6 is 8.70 Å². The Morgan fingerprint density at radius 2 is 2.11 bits per heavy atom. The van der Waals surface area contributed by atoms with Gasteiger partial charge in [0.1, 0.15) is 0 Å². The Labute approximate surface area is 165 Å². The monoisotopic (exact) mass is 386 g/mol. The predicted octanol–water partition coefficient (Wildman–Crippen LogP) is 5.00. The first kappa shape index (κ1) is 19.6. The molecule has 146 valence electrons. The van der Waals surface area contributed by atoms with Crippen molar-refractivity contribution >= 4 is 15.0 Å². The SMILES string of the molecule is C[C@]12CC[C@H]3[C@@H](CC=C4C[C@@H](O)C=C[C@@]43C)[C@@H]1CC[C@@H]2[C@](C)(C=O)OC#P. The molecule has 4 aliphatic rings. The Bertz CT molecular complexity index is 736. The number of aliphatic hydroxyl groups excluding tert-OH is 1. The van der Waals surface area contributed by atoms with Crippen LogP contribution in [-0.2, 0) is 9.53 Å². The van der Waals surface area contributed by atoms with E-state index < -0.39 is 5.60 Å². The van der Waals surface area contributed by atoms with Crippen molar-refractivity contribution in [1.29, 1.82) is 0 Å². The van der Waals surface area contributed by atoms with Crippen LogP contribution in [0.5, 0.6) is 0 Å². The zero-order valence-electron chi connectivity index (χ0n) is 16.6. The van der Waals surface area contributed by atoms with Gasteiger partial charge < -0.3 is 5.11 Å². The maximum absolute atomic E-state index is 11.9. The molecular formula is C23H31O3P. The topological polar surface area (TPSA) is 46.5 Å². The zero-order chi connectivity index (χ0) is 19.4. The van der Waals surface area contributed by atoms with Crippen molar-refractivity contribution in [2.45, 2.75) is 71.0 Å². The van der Waals surface area contributed by atoms with Gasteiger partial charge in [-0.05, 0) is 0 Å². The van der Waals surface area contributed by atoms with Crippen molar-refractivity contribution in [3.63, 3.8) is 0 Å². The molecule has 27 heavy (non-hydrogen) atoms. The van der Waals surface area contributed by atoms with E-state index in [1.54, 1.807) is 0 Å². The van der Waals surface area contributed by atoms with Crippen molar-refractivity contribution in [2.24, 2.45) is 34.5 Å². The summed E-state index contributed by atoms with van der Waals surface area (Å²) in [4.78, 5) is 11.9. The van der Waals surface area contributed by atoms with Crippen LogP contribution in [-0.4, -0.2) is 23.1 Å². The van der Waals surface area contributed by atoms with Gasteiger partial charge in [-0.2, -0.15) is 0 Å². The van der Waals surface area contributed by atoms with Crippen LogP contribution in [0.15, 0.2) is 23.8 Å². The van der Waals surface area contributed by atoms with Gasteiger partial charge in [0.2, 0.25) is 0 Å². The van der Waals surface area contributed by atoms with Crippen molar-refractivity contribution in [2.75, 3.05) is 0 Å². The van der Waals surface area contributed by atoms with E-state index in [-0.39, 0.29) is 22.9 Å². The first-order chi connectivity index (χ1) is 12.8. The third-order valence-electron chi connectivity index (χ3n) is 8.82. The maximum atomic E-state index is 11.9. The zero-order valence-corrected chi connectivity index (χ0v) is 17.5. The molecule has 0 amide bonds. The van der Waals surface area contributed by atoms with Crippen LogP contribution in [0.3, 0.4) is 0 Å². The van der Waals surface area contributed by atoms with Crippen molar-refractivity contribution in [3.8, 4) is 5.81 Å². The molecule has 0 aliphatic heterocycles. The number of carbonyl (C=O) groups is 1. The number of ether oxygens (including phenoxy) is 1. The molecule has 0 heterocycles. The van der Waals surface area contributed by atoms with E-state index in [1.165, 1.54) is 12.0 Å². The molecule has 8 atom stereocenters. The second-order valence-electron chi connectivity index (χ2n) is 9.92. The van der Waals surface area contributed by atoms with E-state index in [4.69, 9.17) is 4.74 Å². The molecule has 0 saturated heterocycles. The summed E-state index contributed by atoms with van der Waals surface area (Å²) in [6.07, 6.45) is 13.7. The van der Waals surface area contributed by atoms with Crippen LogP contribution in [0.25, 0.3) is 0 Å².